The molecule has 0 saturated carbocycles. The highest BCUT2D eigenvalue weighted by molar-refractivity contribution is 4.79. The molecule has 480 valence electrons. The van der Waals surface area contributed by atoms with Crippen LogP contribution in [0, 0.1) is 5.92 Å². The Bertz CT molecular complexity index is 1150. The van der Waals surface area contributed by atoms with Crippen LogP contribution in [0.5, 0.6) is 0 Å². The molecule has 0 aromatic carbocycles. The predicted octanol–water partition coefficient (Wildman–Crippen LogP) is 17.2. The van der Waals surface area contributed by atoms with Gasteiger partial charge in [-0.1, -0.05) is 298 Å². The minimum Gasteiger partial charge on any atom is -0.392 e. The van der Waals surface area contributed by atoms with Gasteiger partial charge in [-0.3, -0.25) is 24.5 Å². The van der Waals surface area contributed by atoms with Crippen LogP contribution in [-0.2, 0) is 0 Å². The smallest absolute Gasteiger partial charge is 0.0667 e. The third-order valence-electron chi connectivity index (χ3n) is 18.2. The van der Waals surface area contributed by atoms with E-state index < -0.39 is 0 Å². The molecule has 1 heterocycles. The summed E-state index contributed by atoms with van der Waals surface area (Å²) in [5.74, 6) is 0.658. The zero-order chi connectivity index (χ0) is 58.2. The third-order valence-corrected chi connectivity index (χ3v) is 18.2. The van der Waals surface area contributed by atoms with E-state index in [1.165, 1.54) is 238 Å². The quantitative estimate of drug-likeness (QED) is 0.0444. The number of hydrogen-bond donors (Lipinski definition) is 4. The normalized spacial score (nSPS) is 15.7. The van der Waals surface area contributed by atoms with E-state index in [1.54, 1.807) is 0 Å². The maximum atomic E-state index is 11.6. The SMILES string of the molecule is CCCCCCCCCCC(C)CN(CCN1CCN(CCN(CCN(CC(O)CCCCCCCCCC)CC(O)CCCCCCCCCC)CC(O)CCCCCCCCCC)CC1)CC(O)CCCCCCCCCC. The van der Waals surface area contributed by atoms with Gasteiger partial charge in [0.15, 0.2) is 0 Å². The molecule has 9 nitrogen and oxygen atoms in total. The topological polar surface area (TPSA) is 97.1 Å². The Hall–Kier alpha value is -0.360. The van der Waals surface area contributed by atoms with Crippen molar-refractivity contribution >= 4 is 0 Å². The Labute approximate surface area is 501 Å². The summed E-state index contributed by atoms with van der Waals surface area (Å²) >= 11 is 0. The molecule has 0 bridgehead atoms. The average molecular weight is 1130 g/mol. The summed E-state index contributed by atoms with van der Waals surface area (Å²) in [4.78, 5) is 12.9. The van der Waals surface area contributed by atoms with Gasteiger partial charge in [-0.25, -0.2) is 0 Å². The number of hydrogen-bond acceptors (Lipinski definition) is 9. The molecule has 5 unspecified atom stereocenters. The summed E-state index contributed by atoms with van der Waals surface area (Å²) in [6, 6.07) is 0. The monoisotopic (exact) mass is 1130 g/mol. The highest BCUT2D eigenvalue weighted by Crippen LogP contribution is 2.19. The first-order chi connectivity index (χ1) is 39.1. The number of rotatable bonds is 64. The predicted molar refractivity (Wildman–Crippen MR) is 352 cm³/mol. The molecule has 1 aliphatic heterocycles. The number of aliphatic hydroxyl groups is 4. The number of piperazine rings is 1. The van der Waals surface area contributed by atoms with E-state index in [2.05, 4.69) is 66.0 Å². The molecular formula is C71H147N5O4. The number of unbranched alkanes of at least 4 members (excludes halogenated alkanes) is 35. The second-order valence-corrected chi connectivity index (χ2v) is 26.5. The van der Waals surface area contributed by atoms with E-state index in [-0.39, 0.29) is 24.4 Å². The van der Waals surface area contributed by atoms with Crippen molar-refractivity contribution in [2.24, 2.45) is 5.92 Å². The minimum atomic E-state index is -0.373. The first kappa shape index (κ1) is 77.7. The highest BCUT2D eigenvalue weighted by Gasteiger charge is 2.23. The lowest BCUT2D eigenvalue weighted by atomic mass is 10.0. The van der Waals surface area contributed by atoms with Crippen LogP contribution in [0.1, 0.15) is 330 Å². The van der Waals surface area contributed by atoms with Crippen LogP contribution < -0.4 is 0 Å². The van der Waals surface area contributed by atoms with Crippen molar-refractivity contribution in [2.75, 3.05) is 98.2 Å². The lowest BCUT2D eigenvalue weighted by Crippen LogP contribution is -2.51. The molecule has 0 aromatic heterocycles. The highest BCUT2D eigenvalue weighted by atomic mass is 16.3. The van der Waals surface area contributed by atoms with Crippen molar-refractivity contribution in [3.05, 3.63) is 0 Å². The second kappa shape index (κ2) is 59.0. The molecule has 1 aliphatic rings. The summed E-state index contributed by atoms with van der Waals surface area (Å²) in [5, 5.41) is 45.8. The standard InChI is InChI=1S/C71H147N5O4/c1-7-12-17-22-27-32-37-42-47-67(6)62-75(64-69(78)49-44-39-34-29-24-19-14-9-3)60-57-73-54-52-72(53-55-73)56-58-74(63-68(77)48-43-38-33-28-23-18-13-8-2)59-61-76(65-70(79)50-45-40-35-30-25-20-15-10-4)66-71(80)51-46-41-36-31-26-21-16-11-5/h67-71,77-80H,7-66H2,1-6H3. The van der Waals surface area contributed by atoms with Gasteiger partial charge in [0.25, 0.3) is 0 Å². The van der Waals surface area contributed by atoms with Gasteiger partial charge in [0, 0.05) is 98.2 Å². The zero-order valence-electron chi connectivity index (χ0n) is 55.3. The fourth-order valence-electron chi connectivity index (χ4n) is 12.7. The zero-order valence-corrected chi connectivity index (χ0v) is 55.3. The van der Waals surface area contributed by atoms with E-state index in [0.29, 0.717) is 25.6 Å². The van der Waals surface area contributed by atoms with Crippen molar-refractivity contribution in [1.29, 1.82) is 0 Å². The first-order valence-corrected chi connectivity index (χ1v) is 36.5. The van der Waals surface area contributed by atoms with E-state index in [0.717, 1.165) is 130 Å². The van der Waals surface area contributed by atoms with E-state index >= 15 is 0 Å². The Morgan fingerprint density at radius 1 is 0.263 bits per heavy atom. The van der Waals surface area contributed by atoms with Crippen molar-refractivity contribution in [3.63, 3.8) is 0 Å². The van der Waals surface area contributed by atoms with Gasteiger partial charge in [0.2, 0.25) is 0 Å². The van der Waals surface area contributed by atoms with Gasteiger partial charge in [-0.05, 0) is 38.0 Å². The summed E-state index contributed by atoms with van der Waals surface area (Å²) in [5.41, 5.74) is 0. The average Bonchev–Trinajstić information content (AvgIpc) is 3.45. The molecular weight excluding hydrogens is 987 g/mol. The van der Waals surface area contributed by atoms with Crippen molar-refractivity contribution in [2.45, 2.75) is 355 Å². The van der Waals surface area contributed by atoms with Crippen LogP contribution in [0.4, 0.5) is 0 Å². The molecule has 0 aliphatic carbocycles. The molecule has 1 fully saturated rings. The summed E-state index contributed by atoms with van der Waals surface area (Å²) in [6.07, 6.45) is 55.6. The Morgan fingerprint density at radius 2 is 0.475 bits per heavy atom. The van der Waals surface area contributed by atoms with Crippen molar-refractivity contribution < 1.29 is 20.4 Å². The largest absolute Gasteiger partial charge is 0.392 e. The summed E-state index contributed by atoms with van der Waals surface area (Å²) < 4.78 is 0. The molecule has 0 amide bonds. The molecule has 0 radical (unpaired) electrons. The lowest BCUT2D eigenvalue weighted by molar-refractivity contribution is 0.0441. The van der Waals surface area contributed by atoms with Crippen LogP contribution >= 0.6 is 0 Å². The van der Waals surface area contributed by atoms with E-state index in [4.69, 9.17) is 0 Å². The minimum absolute atomic E-state index is 0.231. The molecule has 5 atom stereocenters. The Balaban J connectivity index is 2.94. The first-order valence-electron chi connectivity index (χ1n) is 36.5. The summed E-state index contributed by atoms with van der Waals surface area (Å²) in [6.45, 7) is 27.8. The van der Waals surface area contributed by atoms with E-state index in [1.807, 2.05) is 0 Å². The fourth-order valence-corrected chi connectivity index (χ4v) is 12.7. The molecule has 1 saturated heterocycles. The Kier molecular flexibility index (Phi) is 57.3. The molecule has 0 spiro atoms. The third kappa shape index (κ3) is 50.9. The van der Waals surface area contributed by atoms with Crippen molar-refractivity contribution in [1.82, 2.24) is 24.5 Å². The second-order valence-electron chi connectivity index (χ2n) is 26.5. The van der Waals surface area contributed by atoms with Crippen LogP contribution in [0.25, 0.3) is 0 Å². The summed E-state index contributed by atoms with van der Waals surface area (Å²) in [7, 11) is 0. The molecule has 80 heavy (non-hydrogen) atoms. The van der Waals surface area contributed by atoms with E-state index in [9.17, 15) is 20.4 Å². The van der Waals surface area contributed by atoms with Gasteiger partial charge in [-0.2, -0.15) is 0 Å². The maximum Gasteiger partial charge on any atom is 0.0667 e. The fraction of sp³-hybridized carbons (Fsp3) is 1.00. The molecule has 9 heteroatoms. The van der Waals surface area contributed by atoms with Crippen LogP contribution in [0.3, 0.4) is 0 Å². The van der Waals surface area contributed by atoms with Gasteiger partial charge < -0.3 is 20.4 Å². The molecule has 1 rings (SSSR count). The van der Waals surface area contributed by atoms with Crippen LogP contribution in [0.15, 0.2) is 0 Å². The maximum absolute atomic E-state index is 11.6. The van der Waals surface area contributed by atoms with Gasteiger partial charge in [-0.15, -0.1) is 0 Å². The number of aliphatic hydroxyl groups excluding tert-OH is 4. The van der Waals surface area contributed by atoms with Gasteiger partial charge >= 0.3 is 0 Å². The molecule has 0 aromatic rings. The lowest BCUT2D eigenvalue weighted by Gasteiger charge is -2.38. The van der Waals surface area contributed by atoms with Crippen LogP contribution in [-0.4, -0.2) is 168 Å². The van der Waals surface area contributed by atoms with Crippen molar-refractivity contribution in [3.8, 4) is 0 Å². The van der Waals surface area contributed by atoms with Crippen LogP contribution in [0.2, 0.25) is 0 Å². The Morgan fingerprint density at radius 3 is 0.762 bits per heavy atom. The van der Waals surface area contributed by atoms with Gasteiger partial charge in [0.1, 0.15) is 0 Å². The number of nitrogens with zero attached hydrogens (tertiary/aromatic N) is 5. The molecule has 4 N–H and O–H groups in total. The van der Waals surface area contributed by atoms with Gasteiger partial charge in [0.05, 0.1) is 24.4 Å².